The van der Waals surface area contributed by atoms with Gasteiger partial charge in [-0.3, -0.25) is 9.59 Å². The predicted molar refractivity (Wildman–Crippen MR) is 111 cm³/mol. The molecule has 1 aromatic heterocycles. The summed E-state index contributed by atoms with van der Waals surface area (Å²) >= 11 is 1.30. The number of halogens is 3. The lowest BCUT2D eigenvalue weighted by Crippen LogP contribution is -2.31. The van der Waals surface area contributed by atoms with Crippen LogP contribution in [0.4, 0.5) is 18.9 Å². The molecule has 0 spiro atoms. The van der Waals surface area contributed by atoms with E-state index in [1.54, 1.807) is 55.7 Å². The summed E-state index contributed by atoms with van der Waals surface area (Å²) in [7, 11) is 1.57. The van der Waals surface area contributed by atoms with Gasteiger partial charge in [0.25, 0.3) is 11.8 Å². The Morgan fingerprint density at radius 1 is 1.03 bits per heavy atom. The van der Waals surface area contributed by atoms with E-state index in [1.807, 2.05) is 0 Å². The Balaban J connectivity index is 1.82. The van der Waals surface area contributed by atoms with E-state index in [2.05, 4.69) is 5.32 Å². The van der Waals surface area contributed by atoms with Gasteiger partial charge in [-0.2, -0.15) is 13.2 Å². The molecule has 0 aliphatic rings. The monoisotopic (exact) mass is 432 g/mol. The van der Waals surface area contributed by atoms with Crippen molar-refractivity contribution in [2.45, 2.75) is 19.1 Å². The van der Waals surface area contributed by atoms with Gasteiger partial charge in [-0.15, -0.1) is 11.3 Å². The van der Waals surface area contributed by atoms with E-state index in [0.29, 0.717) is 16.1 Å². The molecule has 2 aromatic carbocycles. The van der Waals surface area contributed by atoms with Crippen molar-refractivity contribution in [3.63, 3.8) is 0 Å². The van der Waals surface area contributed by atoms with Crippen molar-refractivity contribution >= 4 is 28.8 Å². The number of hydrogen-bond acceptors (Lipinski definition) is 3. The summed E-state index contributed by atoms with van der Waals surface area (Å²) in [6, 6.07) is 14.2. The molecule has 0 bridgehead atoms. The Bertz CT molecular complexity index is 1050. The first-order valence-corrected chi connectivity index (χ1v) is 9.95. The van der Waals surface area contributed by atoms with Crippen LogP contribution in [0.5, 0.6) is 0 Å². The minimum absolute atomic E-state index is 0.253. The minimum atomic E-state index is -4.46. The highest BCUT2D eigenvalue weighted by Gasteiger charge is 2.31. The van der Waals surface area contributed by atoms with Crippen LogP contribution in [-0.2, 0) is 6.18 Å². The van der Waals surface area contributed by atoms with Crippen LogP contribution in [-0.4, -0.2) is 18.9 Å². The Hall–Kier alpha value is -3.13. The van der Waals surface area contributed by atoms with Crippen molar-refractivity contribution in [2.24, 2.45) is 0 Å². The van der Waals surface area contributed by atoms with Crippen LogP contribution < -0.4 is 10.2 Å². The van der Waals surface area contributed by atoms with Crippen LogP contribution in [0.25, 0.3) is 0 Å². The molecule has 8 heteroatoms. The van der Waals surface area contributed by atoms with Crippen LogP contribution >= 0.6 is 11.3 Å². The van der Waals surface area contributed by atoms with Crippen molar-refractivity contribution in [2.75, 3.05) is 11.9 Å². The SMILES string of the molecule is CC(NC(=O)c1ccccc1N(C)C(=O)c1cccs1)c1cccc(C(F)(F)F)c1. The number of nitrogens with one attached hydrogen (secondary N) is 1. The number of para-hydroxylation sites is 1. The molecule has 0 saturated carbocycles. The van der Waals surface area contributed by atoms with Crippen molar-refractivity contribution in [3.05, 3.63) is 87.6 Å². The summed E-state index contributed by atoms with van der Waals surface area (Å²) in [6.45, 7) is 1.61. The van der Waals surface area contributed by atoms with E-state index < -0.39 is 23.7 Å². The normalized spacial score (nSPS) is 12.3. The molecule has 0 saturated heterocycles. The molecule has 0 fully saturated rings. The fraction of sp³-hybridized carbons (Fsp3) is 0.182. The zero-order valence-corrected chi connectivity index (χ0v) is 17.1. The number of benzene rings is 2. The number of amides is 2. The van der Waals surface area contributed by atoms with Gasteiger partial charge in [0.15, 0.2) is 0 Å². The van der Waals surface area contributed by atoms with E-state index in [1.165, 1.54) is 28.4 Å². The molecular weight excluding hydrogens is 413 g/mol. The minimum Gasteiger partial charge on any atom is -0.345 e. The molecule has 0 aliphatic carbocycles. The Morgan fingerprint density at radius 3 is 2.43 bits per heavy atom. The number of carbonyl (C=O) groups is 2. The lowest BCUT2D eigenvalue weighted by molar-refractivity contribution is -0.137. The summed E-state index contributed by atoms with van der Waals surface area (Å²) in [4.78, 5) is 27.4. The van der Waals surface area contributed by atoms with E-state index in [0.717, 1.165) is 12.1 Å². The van der Waals surface area contributed by atoms with Gasteiger partial charge in [-0.1, -0.05) is 30.3 Å². The average molecular weight is 432 g/mol. The van der Waals surface area contributed by atoms with Gasteiger partial charge >= 0.3 is 6.18 Å². The topological polar surface area (TPSA) is 49.4 Å². The summed E-state index contributed by atoms with van der Waals surface area (Å²) in [5, 5.41) is 4.51. The number of nitrogens with zero attached hydrogens (tertiary/aromatic N) is 1. The summed E-state index contributed by atoms with van der Waals surface area (Å²) in [6.07, 6.45) is -4.46. The lowest BCUT2D eigenvalue weighted by atomic mass is 10.0. The zero-order valence-electron chi connectivity index (χ0n) is 16.2. The van der Waals surface area contributed by atoms with Crippen LogP contribution in [0.2, 0.25) is 0 Å². The summed E-state index contributed by atoms with van der Waals surface area (Å²) in [5.74, 6) is -0.738. The van der Waals surface area contributed by atoms with Gasteiger partial charge in [0.05, 0.1) is 27.7 Å². The number of carbonyl (C=O) groups excluding carboxylic acids is 2. The van der Waals surface area contributed by atoms with Gasteiger partial charge in [0.2, 0.25) is 0 Å². The number of alkyl halides is 3. The molecule has 3 rings (SSSR count). The molecule has 1 N–H and O–H groups in total. The van der Waals surface area contributed by atoms with Gasteiger partial charge in [0.1, 0.15) is 0 Å². The molecule has 1 heterocycles. The first kappa shape index (κ1) is 21.6. The first-order valence-electron chi connectivity index (χ1n) is 9.07. The second-order valence-corrected chi connectivity index (χ2v) is 7.62. The number of hydrogen-bond donors (Lipinski definition) is 1. The molecule has 30 heavy (non-hydrogen) atoms. The molecule has 0 radical (unpaired) electrons. The van der Waals surface area contributed by atoms with E-state index >= 15 is 0 Å². The maximum Gasteiger partial charge on any atom is 0.416 e. The third-order valence-electron chi connectivity index (χ3n) is 4.61. The lowest BCUT2D eigenvalue weighted by Gasteiger charge is -2.21. The highest BCUT2D eigenvalue weighted by Crippen LogP contribution is 2.31. The molecule has 3 aromatic rings. The number of anilines is 1. The van der Waals surface area contributed by atoms with Crippen LogP contribution in [0.15, 0.2) is 66.0 Å². The fourth-order valence-corrected chi connectivity index (χ4v) is 3.67. The Morgan fingerprint density at radius 2 is 1.77 bits per heavy atom. The van der Waals surface area contributed by atoms with E-state index in [4.69, 9.17) is 0 Å². The van der Waals surface area contributed by atoms with Gasteiger partial charge in [0, 0.05) is 7.05 Å². The van der Waals surface area contributed by atoms with Crippen LogP contribution in [0.1, 0.15) is 44.1 Å². The average Bonchev–Trinajstić information content (AvgIpc) is 3.27. The van der Waals surface area contributed by atoms with Gasteiger partial charge < -0.3 is 10.2 Å². The number of rotatable bonds is 5. The maximum atomic E-state index is 13.0. The van der Waals surface area contributed by atoms with Gasteiger partial charge in [-0.05, 0) is 48.2 Å². The predicted octanol–water partition coefficient (Wildman–Crippen LogP) is 5.53. The third-order valence-corrected chi connectivity index (χ3v) is 5.47. The van der Waals surface area contributed by atoms with Crippen LogP contribution in [0.3, 0.4) is 0 Å². The van der Waals surface area contributed by atoms with E-state index in [-0.39, 0.29) is 11.5 Å². The maximum absolute atomic E-state index is 13.0. The van der Waals surface area contributed by atoms with E-state index in [9.17, 15) is 22.8 Å². The number of thiophene rings is 1. The molecule has 4 nitrogen and oxygen atoms in total. The first-order chi connectivity index (χ1) is 14.2. The standard InChI is InChI=1S/C22H19F3N2O2S/c1-14(15-7-5-8-16(13-15)22(23,24)25)26-20(28)17-9-3-4-10-18(17)27(2)21(29)19-11-6-12-30-19/h3-14H,1-2H3,(H,26,28). The molecule has 1 unspecified atom stereocenters. The van der Waals surface area contributed by atoms with Crippen molar-refractivity contribution in [1.82, 2.24) is 5.32 Å². The fourth-order valence-electron chi connectivity index (χ4n) is 2.98. The van der Waals surface area contributed by atoms with Crippen molar-refractivity contribution in [3.8, 4) is 0 Å². The van der Waals surface area contributed by atoms with Gasteiger partial charge in [-0.25, -0.2) is 0 Å². The summed E-state index contributed by atoms with van der Waals surface area (Å²) < 4.78 is 38.9. The molecular formula is C22H19F3N2O2S. The Labute approximate surface area is 176 Å². The second-order valence-electron chi connectivity index (χ2n) is 6.68. The third kappa shape index (κ3) is 4.71. The zero-order chi connectivity index (χ0) is 21.9. The summed E-state index contributed by atoms with van der Waals surface area (Å²) in [5.41, 5.74) is 0.217. The molecule has 156 valence electrons. The largest absolute Gasteiger partial charge is 0.416 e. The quantitative estimate of drug-likeness (QED) is 0.576. The Kier molecular flexibility index (Phi) is 6.26. The highest BCUT2D eigenvalue weighted by molar-refractivity contribution is 7.12. The highest BCUT2D eigenvalue weighted by atomic mass is 32.1. The second kappa shape index (κ2) is 8.71. The smallest absolute Gasteiger partial charge is 0.345 e. The van der Waals surface area contributed by atoms with Crippen molar-refractivity contribution in [1.29, 1.82) is 0 Å². The molecule has 0 aliphatic heterocycles. The molecule has 1 atom stereocenters. The molecule has 2 amide bonds. The van der Waals surface area contributed by atoms with Crippen molar-refractivity contribution < 1.29 is 22.8 Å². The van der Waals surface area contributed by atoms with Crippen LogP contribution in [0, 0.1) is 0 Å².